The molecular formula is C14H24FN3O2S. The minimum absolute atomic E-state index is 0.0822. The highest BCUT2D eigenvalue weighted by atomic mass is 32.2. The molecule has 0 aliphatic heterocycles. The molecule has 0 atom stereocenters. The first kappa shape index (κ1) is 17.8. The molecule has 1 heterocycles. The van der Waals surface area contributed by atoms with E-state index in [9.17, 15) is 8.68 Å². The topological polar surface area (TPSA) is 58.2 Å². The van der Waals surface area contributed by atoms with Crippen molar-refractivity contribution in [2.24, 2.45) is 5.41 Å². The Kier molecular flexibility index (Phi) is 5.67. The number of carbonyl (C=O) groups is 1. The number of rotatable bonds is 4. The van der Waals surface area contributed by atoms with Gasteiger partial charge in [0.2, 0.25) is 0 Å². The summed E-state index contributed by atoms with van der Waals surface area (Å²) in [6.45, 7) is 12.4. The third-order valence-electron chi connectivity index (χ3n) is 2.35. The molecule has 0 bridgehead atoms. The second kappa shape index (κ2) is 6.68. The van der Waals surface area contributed by atoms with E-state index in [2.05, 4.69) is 9.97 Å². The maximum atomic E-state index is 12.5. The predicted molar refractivity (Wildman–Crippen MR) is 81.7 cm³/mol. The summed E-state index contributed by atoms with van der Waals surface area (Å²) < 4.78 is 17.9. The number of hydrogen-bond acceptors (Lipinski definition) is 4. The van der Waals surface area contributed by atoms with E-state index in [1.54, 1.807) is 4.90 Å². The zero-order valence-electron chi connectivity index (χ0n) is 13.5. The molecule has 7 heteroatoms. The quantitative estimate of drug-likeness (QED) is 0.905. The van der Waals surface area contributed by atoms with Crippen LogP contribution in [0.5, 0.6) is 0 Å². The number of aromatic amines is 1. The molecule has 0 aliphatic carbocycles. The number of halogens is 1. The Labute approximate surface area is 129 Å². The zero-order chi connectivity index (χ0) is 16.3. The number of aromatic nitrogens is 2. The number of amides is 1. The number of ether oxygens (including phenoxy) is 1. The van der Waals surface area contributed by atoms with Crippen molar-refractivity contribution in [3.05, 3.63) is 12.0 Å². The molecule has 0 saturated heterocycles. The molecule has 0 aliphatic rings. The van der Waals surface area contributed by atoms with Crippen LogP contribution < -0.4 is 0 Å². The molecule has 1 amide bonds. The number of hydrogen-bond donors (Lipinski definition) is 1. The van der Waals surface area contributed by atoms with Crippen LogP contribution in [0.25, 0.3) is 0 Å². The lowest BCUT2D eigenvalue weighted by Gasteiger charge is -2.31. The van der Waals surface area contributed by atoms with Crippen LogP contribution in [0, 0.1) is 5.41 Å². The van der Waals surface area contributed by atoms with Crippen molar-refractivity contribution < 1.29 is 13.4 Å². The van der Waals surface area contributed by atoms with Gasteiger partial charge in [-0.3, -0.25) is 0 Å². The molecule has 0 unspecified atom stereocenters. The van der Waals surface area contributed by atoms with E-state index in [0.29, 0.717) is 17.4 Å². The highest BCUT2D eigenvalue weighted by Gasteiger charge is 2.26. The molecule has 0 radical (unpaired) electrons. The Bertz CT molecular complexity index is 477. The van der Waals surface area contributed by atoms with Crippen LogP contribution >= 0.6 is 12.1 Å². The number of H-pyrrole nitrogens is 1. The van der Waals surface area contributed by atoms with Crippen molar-refractivity contribution in [2.45, 2.75) is 58.7 Å². The van der Waals surface area contributed by atoms with E-state index in [4.69, 9.17) is 4.74 Å². The molecule has 1 aromatic heterocycles. The van der Waals surface area contributed by atoms with Gasteiger partial charge in [0.15, 0.2) is 0 Å². The third-order valence-corrected chi connectivity index (χ3v) is 2.72. The molecule has 0 aromatic carbocycles. The molecule has 1 rings (SSSR count). The molecule has 120 valence electrons. The van der Waals surface area contributed by atoms with E-state index in [1.807, 2.05) is 41.5 Å². The van der Waals surface area contributed by atoms with Gasteiger partial charge in [-0.25, -0.2) is 9.78 Å². The van der Waals surface area contributed by atoms with Crippen LogP contribution in [-0.4, -0.2) is 33.1 Å². The average molecular weight is 317 g/mol. The maximum Gasteiger partial charge on any atom is 0.410 e. The van der Waals surface area contributed by atoms with Gasteiger partial charge < -0.3 is 14.6 Å². The molecule has 21 heavy (non-hydrogen) atoms. The minimum atomic E-state index is -0.559. The van der Waals surface area contributed by atoms with Crippen LogP contribution in [0.3, 0.4) is 0 Å². The maximum absolute atomic E-state index is 12.5. The summed E-state index contributed by atoms with van der Waals surface area (Å²) in [5.74, 6) is 0.533. The molecule has 0 saturated carbocycles. The van der Waals surface area contributed by atoms with Crippen molar-refractivity contribution in [3.8, 4) is 0 Å². The highest BCUT2D eigenvalue weighted by Crippen LogP contribution is 2.21. The largest absolute Gasteiger partial charge is 0.444 e. The SMILES string of the molecule is CC(C)(C)CN(Cc1ncc(SF)[nH]1)C(=O)OC(C)(C)C. The Morgan fingerprint density at radius 1 is 1.38 bits per heavy atom. The smallest absolute Gasteiger partial charge is 0.410 e. The number of nitrogens with one attached hydrogen (secondary N) is 1. The molecule has 1 aromatic rings. The Morgan fingerprint density at radius 2 is 2.00 bits per heavy atom. The van der Waals surface area contributed by atoms with Gasteiger partial charge in [-0.15, -0.1) is 0 Å². The molecule has 0 spiro atoms. The second-order valence-electron chi connectivity index (χ2n) is 7.17. The van der Waals surface area contributed by atoms with Crippen LogP contribution in [-0.2, 0) is 11.3 Å². The predicted octanol–water partition coefficient (Wildman–Crippen LogP) is 4.17. The lowest BCUT2D eigenvalue weighted by molar-refractivity contribution is 0.0164. The summed E-state index contributed by atoms with van der Waals surface area (Å²) in [4.78, 5) is 20.8. The van der Waals surface area contributed by atoms with Crippen molar-refractivity contribution >= 4 is 18.2 Å². The monoisotopic (exact) mass is 317 g/mol. The van der Waals surface area contributed by atoms with Crippen molar-refractivity contribution in [1.82, 2.24) is 14.9 Å². The fraction of sp³-hybridized carbons (Fsp3) is 0.714. The van der Waals surface area contributed by atoms with Gasteiger partial charge in [0.1, 0.15) is 28.6 Å². The van der Waals surface area contributed by atoms with Gasteiger partial charge in [0, 0.05) is 6.54 Å². The highest BCUT2D eigenvalue weighted by molar-refractivity contribution is 7.94. The summed E-state index contributed by atoms with van der Waals surface area (Å²) in [5.41, 5.74) is -0.641. The van der Waals surface area contributed by atoms with E-state index in [1.165, 1.54) is 6.20 Å². The Morgan fingerprint density at radius 3 is 2.43 bits per heavy atom. The van der Waals surface area contributed by atoms with Crippen LogP contribution in [0.4, 0.5) is 8.68 Å². The standard InChI is InChI=1S/C14H24FN3O2S/c1-13(2,3)9-18(12(19)20-14(4,5)6)8-10-16-7-11(17-10)21-15/h7H,8-9H2,1-6H3,(H,16,17). The third kappa shape index (κ3) is 6.84. The first-order valence-electron chi connectivity index (χ1n) is 6.80. The van der Waals surface area contributed by atoms with Gasteiger partial charge in [0.05, 0.1) is 12.7 Å². The second-order valence-corrected chi connectivity index (χ2v) is 7.76. The van der Waals surface area contributed by atoms with E-state index in [-0.39, 0.29) is 24.1 Å². The van der Waals surface area contributed by atoms with Crippen molar-refractivity contribution in [2.75, 3.05) is 6.54 Å². The summed E-state index contributed by atoms with van der Waals surface area (Å²) in [6.07, 6.45) is 1.01. The summed E-state index contributed by atoms with van der Waals surface area (Å²) >= 11 is 0.0955. The normalized spacial score (nSPS) is 12.3. The lowest BCUT2D eigenvalue weighted by atomic mass is 9.96. The van der Waals surface area contributed by atoms with Crippen molar-refractivity contribution in [1.29, 1.82) is 0 Å². The number of carbonyl (C=O) groups excluding carboxylic acids is 1. The lowest BCUT2D eigenvalue weighted by Crippen LogP contribution is -2.41. The number of nitrogens with zero attached hydrogens (tertiary/aromatic N) is 2. The van der Waals surface area contributed by atoms with Gasteiger partial charge in [-0.05, 0) is 26.2 Å². The van der Waals surface area contributed by atoms with Gasteiger partial charge in [-0.1, -0.05) is 20.8 Å². The fourth-order valence-electron chi connectivity index (χ4n) is 1.73. The molecule has 1 N–H and O–H groups in total. The number of imidazole rings is 1. The molecular weight excluding hydrogens is 293 g/mol. The summed E-state index contributed by atoms with van der Waals surface area (Å²) in [5, 5.41) is 0.324. The van der Waals surface area contributed by atoms with E-state index in [0.717, 1.165) is 0 Å². The minimum Gasteiger partial charge on any atom is -0.444 e. The van der Waals surface area contributed by atoms with Crippen LogP contribution in [0.2, 0.25) is 0 Å². The van der Waals surface area contributed by atoms with Gasteiger partial charge in [-0.2, -0.15) is 3.89 Å². The summed E-state index contributed by atoms with van der Waals surface area (Å²) in [6, 6.07) is 0. The zero-order valence-corrected chi connectivity index (χ0v) is 14.3. The van der Waals surface area contributed by atoms with E-state index >= 15 is 0 Å². The molecule has 0 fully saturated rings. The fourth-order valence-corrected chi connectivity index (χ4v) is 1.98. The first-order valence-corrected chi connectivity index (χ1v) is 7.52. The van der Waals surface area contributed by atoms with Crippen LogP contribution in [0.15, 0.2) is 11.2 Å². The van der Waals surface area contributed by atoms with Crippen molar-refractivity contribution in [3.63, 3.8) is 0 Å². The van der Waals surface area contributed by atoms with Crippen LogP contribution in [0.1, 0.15) is 47.4 Å². The molecule has 5 nitrogen and oxygen atoms in total. The Hall–Kier alpha value is -1.24. The van der Waals surface area contributed by atoms with E-state index < -0.39 is 11.7 Å². The Balaban J connectivity index is 2.83. The average Bonchev–Trinajstić information content (AvgIpc) is 2.71. The van der Waals surface area contributed by atoms with Gasteiger partial charge in [0.25, 0.3) is 0 Å². The first-order chi connectivity index (χ1) is 9.50. The van der Waals surface area contributed by atoms with Gasteiger partial charge >= 0.3 is 6.09 Å². The summed E-state index contributed by atoms with van der Waals surface area (Å²) in [7, 11) is 0.